The van der Waals surface area contributed by atoms with Gasteiger partial charge < -0.3 is 0 Å². The van der Waals surface area contributed by atoms with Crippen molar-refractivity contribution in [3.63, 3.8) is 0 Å². The van der Waals surface area contributed by atoms with Gasteiger partial charge in [-0.25, -0.2) is 5.32 Å². The second-order valence-electron chi connectivity index (χ2n) is 4.90. The monoisotopic (exact) mass is 248 g/mol. The summed E-state index contributed by atoms with van der Waals surface area (Å²) in [7, 11) is 3.93. The molecule has 1 aliphatic carbocycles. The summed E-state index contributed by atoms with van der Waals surface area (Å²) in [4.78, 5) is 1.40. The zero-order chi connectivity index (χ0) is 12.4. The fraction of sp³-hybridized carbons (Fsp3) is 0.538. The molecule has 0 unspecified atom stereocenters. The molecule has 1 N–H and O–H groups in total. The smallest absolute Gasteiger partial charge is 0.237 e. The lowest BCUT2D eigenvalue weighted by Gasteiger charge is -2.17. The minimum atomic E-state index is 0.748. The van der Waals surface area contributed by atoms with Gasteiger partial charge in [-0.1, -0.05) is 18.3 Å². The van der Waals surface area contributed by atoms with Crippen molar-refractivity contribution < 1.29 is 4.58 Å². The first-order chi connectivity index (χ1) is 8.11. The maximum Gasteiger partial charge on any atom is 0.237 e. The highest BCUT2D eigenvalue weighted by atomic mass is 32.1. The van der Waals surface area contributed by atoms with E-state index in [1.165, 1.54) is 16.9 Å². The Balaban J connectivity index is 2.35. The predicted molar refractivity (Wildman–Crippen MR) is 72.0 cm³/mol. The van der Waals surface area contributed by atoms with Crippen LogP contribution in [0.3, 0.4) is 0 Å². The number of hydrogen-bond donors (Lipinski definition) is 1. The van der Waals surface area contributed by atoms with Crippen molar-refractivity contribution in [2.24, 2.45) is 5.92 Å². The topological polar surface area (TPSA) is 38.8 Å². The quantitative estimate of drug-likeness (QED) is 0.496. The van der Waals surface area contributed by atoms with Gasteiger partial charge in [0.1, 0.15) is 11.6 Å². The number of thiophene rings is 1. The zero-order valence-electron chi connectivity index (χ0n) is 10.6. The molecule has 17 heavy (non-hydrogen) atoms. The van der Waals surface area contributed by atoms with Gasteiger partial charge in [0.2, 0.25) is 6.34 Å². The van der Waals surface area contributed by atoms with Gasteiger partial charge in [-0.15, -0.1) is 0 Å². The van der Waals surface area contributed by atoms with Crippen LogP contribution in [0.15, 0.2) is 0 Å². The van der Waals surface area contributed by atoms with Gasteiger partial charge in [-0.3, -0.25) is 4.58 Å². The van der Waals surface area contributed by atoms with Crippen molar-refractivity contribution in [3.8, 4) is 6.07 Å². The van der Waals surface area contributed by atoms with Crippen LogP contribution in [0, 0.1) is 17.2 Å². The lowest BCUT2D eigenvalue weighted by Crippen LogP contribution is -2.09. The van der Waals surface area contributed by atoms with E-state index >= 15 is 0 Å². The third kappa shape index (κ3) is 2.50. The second kappa shape index (κ2) is 4.89. The summed E-state index contributed by atoms with van der Waals surface area (Å²) < 4.78 is 1.95. The molecule has 3 nitrogen and oxygen atoms in total. The van der Waals surface area contributed by atoms with Crippen LogP contribution in [0.25, 0.3) is 0 Å². The SMILES string of the molecule is C[C@@H]1CCc2c(sc(NC=[N+](C)C)c2C#N)C1. The first-order valence-corrected chi connectivity index (χ1v) is 6.74. The lowest BCUT2D eigenvalue weighted by molar-refractivity contribution is -0.459. The van der Waals surface area contributed by atoms with Crippen LogP contribution < -0.4 is 5.32 Å². The summed E-state index contributed by atoms with van der Waals surface area (Å²) in [5, 5.41) is 13.5. The first kappa shape index (κ1) is 12.1. The Hall–Kier alpha value is -1.34. The van der Waals surface area contributed by atoms with Gasteiger partial charge in [0.25, 0.3) is 0 Å². The van der Waals surface area contributed by atoms with Crippen molar-refractivity contribution in [2.45, 2.75) is 26.2 Å². The normalized spacial score (nSPS) is 18.1. The van der Waals surface area contributed by atoms with Gasteiger partial charge in [0.05, 0.1) is 14.1 Å². The highest BCUT2D eigenvalue weighted by Gasteiger charge is 2.25. The number of hydrogen-bond acceptors (Lipinski definition) is 2. The largest absolute Gasteiger partial charge is 0.273 e. The van der Waals surface area contributed by atoms with Crippen LogP contribution in [-0.4, -0.2) is 25.0 Å². The maximum absolute atomic E-state index is 9.28. The molecular weight excluding hydrogens is 230 g/mol. The highest BCUT2D eigenvalue weighted by molar-refractivity contribution is 7.16. The fourth-order valence-corrected chi connectivity index (χ4v) is 3.48. The van der Waals surface area contributed by atoms with E-state index in [9.17, 15) is 5.26 Å². The Labute approximate surface area is 106 Å². The van der Waals surface area contributed by atoms with Crippen molar-refractivity contribution >= 4 is 22.7 Å². The Bertz CT molecular complexity index is 489. The van der Waals surface area contributed by atoms with Crippen molar-refractivity contribution in [1.29, 1.82) is 5.26 Å². The number of anilines is 1. The molecule has 0 radical (unpaired) electrons. The molecule has 1 aliphatic rings. The van der Waals surface area contributed by atoms with Gasteiger partial charge in [-0.05, 0) is 30.7 Å². The molecule has 0 bridgehead atoms. The third-order valence-corrected chi connectivity index (χ3v) is 4.26. The third-order valence-electron chi connectivity index (χ3n) is 3.08. The average molecular weight is 248 g/mol. The van der Waals surface area contributed by atoms with Crippen LogP contribution in [0.1, 0.15) is 29.3 Å². The molecular formula is C13H18N3S+. The average Bonchev–Trinajstić information content (AvgIpc) is 2.62. The van der Waals surface area contributed by atoms with E-state index in [-0.39, 0.29) is 0 Å². The van der Waals surface area contributed by atoms with Crippen LogP contribution in [0.2, 0.25) is 0 Å². The number of rotatable bonds is 2. The minimum Gasteiger partial charge on any atom is -0.273 e. The molecule has 0 amide bonds. The van der Waals surface area contributed by atoms with E-state index in [1.54, 1.807) is 11.3 Å². The Morgan fingerprint density at radius 1 is 1.53 bits per heavy atom. The van der Waals surface area contributed by atoms with E-state index in [0.29, 0.717) is 0 Å². The van der Waals surface area contributed by atoms with Crippen molar-refractivity contribution in [3.05, 3.63) is 16.0 Å². The number of nitrogens with zero attached hydrogens (tertiary/aromatic N) is 2. The number of nitriles is 1. The van der Waals surface area contributed by atoms with Crippen molar-refractivity contribution in [1.82, 2.24) is 0 Å². The molecule has 2 rings (SSSR count). The van der Waals surface area contributed by atoms with E-state index in [1.807, 2.05) is 25.0 Å². The van der Waals surface area contributed by atoms with Crippen LogP contribution in [0.5, 0.6) is 0 Å². The Morgan fingerprint density at radius 3 is 2.94 bits per heavy atom. The summed E-state index contributed by atoms with van der Waals surface area (Å²) in [6.45, 7) is 2.29. The zero-order valence-corrected chi connectivity index (χ0v) is 11.4. The standard InChI is InChI=1S/C13H17N3S/c1-9-4-5-10-11(7-14)13(15-8-16(2)3)17-12(10)6-9/h8-9H,4-6H2,1-3H3/p+1/t9-/m1/s1. The lowest BCUT2D eigenvalue weighted by atomic mass is 9.89. The molecule has 0 spiro atoms. The van der Waals surface area contributed by atoms with Crippen molar-refractivity contribution in [2.75, 3.05) is 19.4 Å². The number of nitrogens with one attached hydrogen (secondary N) is 1. The second-order valence-corrected chi connectivity index (χ2v) is 6.01. The minimum absolute atomic E-state index is 0.748. The molecule has 4 heteroatoms. The fourth-order valence-electron chi connectivity index (χ4n) is 2.16. The van der Waals surface area contributed by atoms with Gasteiger partial charge >= 0.3 is 0 Å². The molecule has 1 aromatic heterocycles. The molecule has 0 saturated heterocycles. The molecule has 90 valence electrons. The summed E-state index contributed by atoms with van der Waals surface area (Å²) in [5.74, 6) is 0.748. The Kier molecular flexibility index (Phi) is 3.49. The molecule has 0 saturated carbocycles. The molecule has 0 aliphatic heterocycles. The van der Waals surface area contributed by atoms with Gasteiger partial charge in [0.15, 0.2) is 5.00 Å². The number of fused-ring (bicyclic) bond motifs is 1. The van der Waals surface area contributed by atoms with Crippen LogP contribution >= 0.6 is 11.3 Å². The Morgan fingerprint density at radius 2 is 2.29 bits per heavy atom. The van der Waals surface area contributed by atoms with E-state index in [4.69, 9.17) is 0 Å². The molecule has 1 heterocycles. The molecule has 0 fully saturated rings. The molecule has 1 atom stereocenters. The van der Waals surface area contributed by atoms with Crippen LogP contribution in [0.4, 0.5) is 5.00 Å². The summed E-state index contributed by atoms with van der Waals surface area (Å²) in [5.41, 5.74) is 2.14. The van der Waals surface area contributed by atoms with Gasteiger partial charge in [0, 0.05) is 4.88 Å². The van der Waals surface area contributed by atoms with E-state index < -0.39 is 0 Å². The highest BCUT2D eigenvalue weighted by Crippen LogP contribution is 2.38. The van der Waals surface area contributed by atoms with Crippen LogP contribution in [-0.2, 0) is 12.8 Å². The van der Waals surface area contributed by atoms with E-state index in [0.717, 1.165) is 29.3 Å². The molecule has 1 aromatic rings. The summed E-state index contributed by atoms with van der Waals surface area (Å²) in [6.07, 6.45) is 5.27. The van der Waals surface area contributed by atoms with Gasteiger partial charge in [-0.2, -0.15) is 5.26 Å². The first-order valence-electron chi connectivity index (χ1n) is 5.92. The van der Waals surface area contributed by atoms with E-state index in [2.05, 4.69) is 18.3 Å². The molecule has 0 aromatic carbocycles. The summed E-state index contributed by atoms with van der Waals surface area (Å²) >= 11 is 1.74. The maximum atomic E-state index is 9.28. The summed E-state index contributed by atoms with van der Waals surface area (Å²) in [6, 6.07) is 2.35. The predicted octanol–water partition coefficient (Wildman–Crippen LogP) is 2.46.